The maximum Gasteiger partial charge on any atom is 0.327 e. The first-order chi connectivity index (χ1) is 14.5. The second-order valence-electron chi connectivity index (χ2n) is 7.48. The minimum Gasteiger partial charge on any atom is -0.493 e. The van der Waals surface area contributed by atoms with E-state index in [2.05, 4.69) is 9.80 Å². The van der Waals surface area contributed by atoms with Crippen molar-refractivity contribution < 1.29 is 23.9 Å². The number of amides is 1. The van der Waals surface area contributed by atoms with Gasteiger partial charge in [-0.2, -0.15) is 0 Å². The Labute approximate surface area is 176 Å². The van der Waals surface area contributed by atoms with Crippen molar-refractivity contribution in [3.8, 4) is 17.2 Å². The zero-order valence-corrected chi connectivity index (χ0v) is 17.9. The molecule has 0 aromatic heterocycles. The highest BCUT2D eigenvalue weighted by Gasteiger charge is 2.35. The SMILES string of the molecule is COc1cc(C(=O)N2CCN(CCN3CCCC3)CC2)c([N+](=O)[O-])c(OC)c1OC. The van der Waals surface area contributed by atoms with E-state index < -0.39 is 16.5 Å². The normalized spacial score (nSPS) is 17.8. The van der Waals surface area contributed by atoms with Crippen LogP contribution in [0, 0.1) is 10.1 Å². The zero-order chi connectivity index (χ0) is 21.7. The first kappa shape index (κ1) is 22.1. The van der Waals surface area contributed by atoms with Gasteiger partial charge in [-0.3, -0.25) is 19.8 Å². The molecule has 2 fully saturated rings. The summed E-state index contributed by atoms with van der Waals surface area (Å²) in [4.78, 5) is 30.8. The fraction of sp³-hybridized carbons (Fsp3) is 0.650. The number of likely N-dealkylation sites (tertiary alicyclic amines) is 1. The van der Waals surface area contributed by atoms with Crippen molar-refractivity contribution in [2.45, 2.75) is 12.8 Å². The molecule has 166 valence electrons. The molecule has 0 bridgehead atoms. The largest absolute Gasteiger partial charge is 0.493 e. The maximum atomic E-state index is 13.2. The Morgan fingerprint density at radius 3 is 2.00 bits per heavy atom. The third kappa shape index (κ3) is 4.59. The van der Waals surface area contributed by atoms with Gasteiger partial charge in [0.1, 0.15) is 5.56 Å². The molecule has 3 rings (SSSR count). The van der Waals surface area contributed by atoms with E-state index in [9.17, 15) is 14.9 Å². The average molecular weight is 422 g/mol. The lowest BCUT2D eigenvalue weighted by atomic mass is 10.1. The van der Waals surface area contributed by atoms with Gasteiger partial charge in [-0.25, -0.2) is 0 Å². The zero-order valence-electron chi connectivity index (χ0n) is 17.9. The van der Waals surface area contributed by atoms with Gasteiger partial charge in [-0.1, -0.05) is 0 Å². The second kappa shape index (κ2) is 9.94. The molecule has 2 heterocycles. The molecular weight excluding hydrogens is 392 g/mol. The first-order valence-electron chi connectivity index (χ1n) is 10.2. The van der Waals surface area contributed by atoms with Gasteiger partial charge >= 0.3 is 5.69 Å². The molecule has 2 aliphatic heterocycles. The number of nitro benzene ring substituents is 1. The van der Waals surface area contributed by atoms with E-state index in [1.807, 2.05) is 0 Å². The lowest BCUT2D eigenvalue weighted by Crippen LogP contribution is -2.50. The molecule has 0 N–H and O–H groups in total. The number of carbonyl (C=O) groups excluding carboxylic acids is 1. The molecule has 0 unspecified atom stereocenters. The van der Waals surface area contributed by atoms with Crippen molar-refractivity contribution >= 4 is 11.6 Å². The van der Waals surface area contributed by atoms with Crippen molar-refractivity contribution in [1.29, 1.82) is 0 Å². The van der Waals surface area contributed by atoms with Gasteiger partial charge in [-0.15, -0.1) is 0 Å². The van der Waals surface area contributed by atoms with Crippen molar-refractivity contribution in [1.82, 2.24) is 14.7 Å². The van der Waals surface area contributed by atoms with Crippen LogP contribution in [-0.4, -0.2) is 99.2 Å². The Balaban J connectivity index is 1.74. The smallest absolute Gasteiger partial charge is 0.327 e. The number of hydrogen-bond acceptors (Lipinski definition) is 8. The highest BCUT2D eigenvalue weighted by Crippen LogP contribution is 2.46. The number of ether oxygens (including phenoxy) is 3. The molecule has 0 radical (unpaired) electrons. The van der Waals surface area contributed by atoms with Gasteiger partial charge in [-0.05, 0) is 25.9 Å². The maximum absolute atomic E-state index is 13.2. The Kier molecular flexibility index (Phi) is 7.33. The Morgan fingerprint density at radius 1 is 0.933 bits per heavy atom. The molecule has 0 spiro atoms. The number of hydrogen-bond donors (Lipinski definition) is 0. The van der Waals surface area contributed by atoms with E-state index in [1.54, 1.807) is 4.90 Å². The fourth-order valence-corrected chi connectivity index (χ4v) is 4.12. The van der Waals surface area contributed by atoms with Gasteiger partial charge in [0.05, 0.1) is 26.3 Å². The van der Waals surface area contributed by atoms with Crippen LogP contribution in [0.5, 0.6) is 17.2 Å². The minimum atomic E-state index is -0.611. The molecular formula is C20H30N4O6. The molecule has 0 atom stereocenters. The summed E-state index contributed by atoms with van der Waals surface area (Å²) in [6.07, 6.45) is 2.55. The molecule has 10 heteroatoms. The average Bonchev–Trinajstić information content (AvgIpc) is 3.29. The lowest BCUT2D eigenvalue weighted by Gasteiger charge is -2.35. The number of methoxy groups -OCH3 is 3. The van der Waals surface area contributed by atoms with Crippen LogP contribution in [-0.2, 0) is 0 Å². The topological polar surface area (TPSA) is 97.6 Å². The number of nitro groups is 1. The predicted molar refractivity (Wildman–Crippen MR) is 111 cm³/mol. The van der Waals surface area contributed by atoms with E-state index in [4.69, 9.17) is 14.2 Å². The lowest BCUT2D eigenvalue weighted by molar-refractivity contribution is -0.386. The quantitative estimate of drug-likeness (QED) is 0.459. The summed E-state index contributed by atoms with van der Waals surface area (Å²) >= 11 is 0. The van der Waals surface area contributed by atoms with E-state index in [-0.39, 0.29) is 22.8 Å². The molecule has 1 amide bonds. The van der Waals surface area contributed by atoms with Crippen LogP contribution in [0.15, 0.2) is 6.07 Å². The van der Waals surface area contributed by atoms with Gasteiger partial charge in [0.2, 0.25) is 11.5 Å². The molecule has 1 aromatic rings. The predicted octanol–water partition coefficient (Wildman–Crippen LogP) is 1.47. The van der Waals surface area contributed by atoms with Gasteiger partial charge in [0.15, 0.2) is 5.75 Å². The van der Waals surface area contributed by atoms with Crippen LogP contribution < -0.4 is 14.2 Å². The molecule has 2 aliphatic rings. The molecule has 0 saturated carbocycles. The molecule has 30 heavy (non-hydrogen) atoms. The fourth-order valence-electron chi connectivity index (χ4n) is 4.12. The summed E-state index contributed by atoms with van der Waals surface area (Å²) in [5.41, 5.74) is -0.461. The Morgan fingerprint density at radius 2 is 1.50 bits per heavy atom. The molecule has 1 aromatic carbocycles. The summed E-state index contributed by atoms with van der Waals surface area (Å²) in [6, 6.07) is 1.36. The highest BCUT2D eigenvalue weighted by atomic mass is 16.6. The third-order valence-electron chi connectivity index (χ3n) is 5.81. The molecule has 10 nitrogen and oxygen atoms in total. The molecule has 0 aliphatic carbocycles. The van der Waals surface area contributed by atoms with Crippen molar-refractivity contribution in [2.75, 3.05) is 73.7 Å². The van der Waals surface area contributed by atoms with E-state index in [1.165, 1.54) is 53.3 Å². The second-order valence-corrected chi connectivity index (χ2v) is 7.48. The standard InChI is InChI=1S/C20H30N4O6/c1-28-16-14-15(17(24(26)27)19(30-3)18(16)29-2)20(25)23-12-10-22(11-13-23)9-8-21-6-4-5-7-21/h14H,4-13H2,1-3H3. The summed E-state index contributed by atoms with van der Waals surface area (Å²) in [5.74, 6) is -0.211. The molecule has 2 saturated heterocycles. The van der Waals surface area contributed by atoms with E-state index in [0.717, 1.165) is 26.2 Å². The van der Waals surface area contributed by atoms with Crippen LogP contribution in [0.3, 0.4) is 0 Å². The van der Waals surface area contributed by atoms with Gasteiger partial charge < -0.3 is 24.0 Å². The summed E-state index contributed by atoms with van der Waals surface area (Å²) in [6.45, 7) is 6.90. The summed E-state index contributed by atoms with van der Waals surface area (Å²) < 4.78 is 15.7. The number of carbonyl (C=O) groups is 1. The van der Waals surface area contributed by atoms with Gasteiger partial charge in [0, 0.05) is 45.3 Å². The van der Waals surface area contributed by atoms with Crippen LogP contribution in [0.4, 0.5) is 5.69 Å². The Hall–Kier alpha value is -2.59. The minimum absolute atomic E-state index is 0.0555. The van der Waals surface area contributed by atoms with Crippen molar-refractivity contribution in [3.63, 3.8) is 0 Å². The van der Waals surface area contributed by atoms with Crippen LogP contribution in [0.25, 0.3) is 0 Å². The van der Waals surface area contributed by atoms with Crippen LogP contribution in [0.2, 0.25) is 0 Å². The van der Waals surface area contributed by atoms with E-state index in [0.29, 0.717) is 13.1 Å². The number of rotatable bonds is 8. The van der Waals surface area contributed by atoms with Crippen molar-refractivity contribution in [3.05, 3.63) is 21.7 Å². The third-order valence-corrected chi connectivity index (χ3v) is 5.81. The Bertz CT molecular complexity index is 773. The number of benzene rings is 1. The van der Waals surface area contributed by atoms with Crippen molar-refractivity contribution in [2.24, 2.45) is 0 Å². The van der Waals surface area contributed by atoms with Gasteiger partial charge in [0.25, 0.3) is 5.91 Å². The number of piperazine rings is 1. The highest BCUT2D eigenvalue weighted by molar-refractivity contribution is 6.00. The summed E-state index contributed by atoms with van der Waals surface area (Å²) in [5, 5.41) is 11.8. The van der Waals surface area contributed by atoms with E-state index >= 15 is 0 Å². The first-order valence-corrected chi connectivity index (χ1v) is 10.2. The monoisotopic (exact) mass is 422 g/mol. The van der Waals surface area contributed by atoms with Crippen LogP contribution in [0.1, 0.15) is 23.2 Å². The summed E-state index contributed by atoms with van der Waals surface area (Å²) in [7, 11) is 4.08. The van der Waals surface area contributed by atoms with Crippen LogP contribution >= 0.6 is 0 Å². The number of nitrogens with zero attached hydrogens (tertiary/aromatic N) is 4.